The Morgan fingerprint density at radius 2 is 1.74 bits per heavy atom. The molecule has 0 spiro atoms. The minimum absolute atomic E-state index is 0.00832. The molecule has 1 aliphatic rings. The molecule has 0 aromatic heterocycles. The van der Waals surface area contributed by atoms with Gasteiger partial charge in [0.1, 0.15) is 0 Å². The number of rotatable bonds is 7. The second kappa shape index (κ2) is 9.33. The third-order valence-electron chi connectivity index (χ3n) is 5.10. The van der Waals surface area contributed by atoms with Gasteiger partial charge in [0.05, 0.1) is 6.04 Å². The Morgan fingerprint density at radius 3 is 2.48 bits per heavy atom. The molecule has 0 radical (unpaired) electrons. The van der Waals surface area contributed by atoms with E-state index in [9.17, 15) is 9.59 Å². The summed E-state index contributed by atoms with van der Waals surface area (Å²) in [6, 6.07) is 18.1. The summed E-state index contributed by atoms with van der Waals surface area (Å²) in [7, 11) is 1.66. The van der Waals surface area contributed by atoms with Gasteiger partial charge in [-0.3, -0.25) is 14.5 Å². The van der Waals surface area contributed by atoms with Crippen molar-refractivity contribution in [2.75, 3.05) is 20.1 Å². The van der Waals surface area contributed by atoms with E-state index in [1.807, 2.05) is 30.3 Å². The number of carbonyl (C=O) groups is 2. The fourth-order valence-electron chi connectivity index (χ4n) is 3.56. The fraction of sp³-hybridized carbons (Fsp3) is 0.364. The maximum atomic E-state index is 12.3. The normalized spacial score (nSPS) is 16.4. The van der Waals surface area contributed by atoms with Gasteiger partial charge in [0.2, 0.25) is 11.8 Å². The van der Waals surface area contributed by atoms with Crippen molar-refractivity contribution in [2.24, 2.45) is 0 Å². The summed E-state index contributed by atoms with van der Waals surface area (Å²) < 4.78 is 0. The number of hydrogen-bond donors (Lipinski definition) is 2. The number of fused-ring (bicyclic) bond motifs is 1. The Balaban J connectivity index is 1.52. The standard InChI is InChI=1S/C22H27N3O2/c1-23-22(27)20-15-18-9-5-6-10-19(18)16-25(20)14-12-21(26)24-13-11-17-7-3-2-4-8-17/h2-10,20H,11-16H2,1H3,(H,23,27)(H,24,26). The zero-order chi connectivity index (χ0) is 19.1. The molecule has 2 N–H and O–H groups in total. The molecule has 2 aromatic carbocycles. The van der Waals surface area contributed by atoms with Crippen molar-refractivity contribution in [3.8, 4) is 0 Å². The Morgan fingerprint density at radius 1 is 1.04 bits per heavy atom. The summed E-state index contributed by atoms with van der Waals surface area (Å²) in [5.74, 6) is 0.0365. The van der Waals surface area contributed by atoms with Crippen LogP contribution in [-0.4, -0.2) is 42.9 Å². The summed E-state index contributed by atoms with van der Waals surface area (Å²) >= 11 is 0. The average molecular weight is 365 g/mol. The molecule has 142 valence electrons. The van der Waals surface area contributed by atoms with Crippen LogP contribution in [0.1, 0.15) is 23.1 Å². The predicted molar refractivity (Wildman–Crippen MR) is 106 cm³/mol. The van der Waals surface area contributed by atoms with Crippen LogP contribution >= 0.6 is 0 Å². The highest BCUT2D eigenvalue weighted by Gasteiger charge is 2.30. The SMILES string of the molecule is CNC(=O)C1Cc2ccccc2CN1CCC(=O)NCCc1ccccc1. The van der Waals surface area contributed by atoms with Crippen molar-refractivity contribution in [1.82, 2.24) is 15.5 Å². The van der Waals surface area contributed by atoms with Crippen LogP contribution < -0.4 is 10.6 Å². The second-order valence-electron chi connectivity index (χ2n) is 6.91. The van der Waals surface area contributed by atoms with E-state index < -0.39 is 0 Å². The van der Waals surface area contributed by atoms with Gasteiger partial charge < -0.3 is 10.6 Å². The van der Waals surface area contributed by atoms with E-state index in [1.165, 1.54) is 16.7 Å². The quantitative estimate of drug-likeness (QED) is 0.788. The third-order valence-corrected chi connectivity index (χ3v) is 5.10. The first-order valence-corrected chi connectivity index (χ1v) is 9.50. The topological polar surface area (TPSA) is 61.4 Å². The lowest BCUT2D eigenvalue weighted by atomic mass is 9.93. The second-order valence-corrected chi connectivity index (χ2v) is 6.91. The number of nitrogens with one attached hydrogen (secondary N) is 2. The first-order valence-electron chi connectivity index (χ1n) is 9.50. The van der Waals surface area contributed by atoms with Crippen molar-refractivity contribution in [3.63, 3.8) is 0 Å². The van der Waals surface area contributed by atoms with E-state index in [4.69, 9.17) is 0 Å². The van der Waals surface area contributed by atoms with Crippen LogP contribution in [0, 0.1) is 0 Å². The molecule has 3 rings (SSSR count). The first kappa shape index (κ1) is 19.1. The van der Waals surface area contributed by atoms with E-state index in [-0.39, 0.29) is 17.9 Å². The smallest absolute Gasteiger partial charge is 0.237 e. The predicted octanol–water partition coefficient (Wildman–Crippen LogP) is 1.91. The van der Waals surface area contributed by atoms with Crippen LogP contribution in [0.5, 0.6) is 0 Å². The number of hydrogen-bond acceptors (Lipinski definition) is 3. The first-order chi connectivity index (χ1) is 13.2. The lowest BCUT2D eigenvalue weighted by molar-refractivity contribution is -0.128. The van der Waals surface area contributed by atoms with Crippen molar-refractivity contribution in [1.29, 1.82) is 0 Å². The molecule has 5 heteroatoms. The van der Waals surface area contributed by atoms with Crippen molar-refractivity contribution in [3.05, 3.63) is 71.3 Å². The third kappa shape index (κ3) is 5.17. The van der Waals surface area contributed by atoms with E-state index in [0.29, 0.717) is 32.5 Å². The Bertz CT molecular complexity index is 776. The number of carbonyl (C=O) groups excluding carboxylic acids is 2. The molecule has 2 amide bonds. The molecule has 2 aromatic rings. The lowest BCUT2D eigenvalue weighted by Crippen LogP contribution is -2.50. The molecule has 1 aliphatic heterocycles. The van der Waals surface area contributed by atoms with Gasteiger partial charge in [0, 0.05) is 33.1 Å². The van der Waals surface area contributed by atoms with Crippen molar-refractivity contribution in [2.45, 2.75) is 31.8 Å². The fourth-order valence-corrected chi connectivity index (χ4v) is 3.56. The summed E-state index contributed by atoms with van der Waals surface area (Å²) in [6.45, 7) is 1.90. The molecule has 27 heavy (non-hydrogen) atoms. The molecule has 1 atom stereocenters. The molecule has 1 unspecified atom stereocenters. The van der Waals surface area contributed by atoms with Crippen LogP contribution in [0.4, 0.5) is 0 Å². The molecular formula is C22H27N3O2. The highest BCUT2D eigenvalue weighted by atomic mass is 16.2. The maximum Gasteiger partial charge on any atom is 0.237 e. The molecule has 1 heterocycles. The minimum atomic E-state index is -0.220. The number of benzene rings is 2. The molecule has 5 nitrogen and oxygen atoms in total. The van der Waals surface area contributed by atoms with Gasteiger partial charge >= 0.3 is 0 Å². The molecule has 0 bridgehead atoms. The van der Waals surface area contributed by atoms with Crippen molar-refractivity contribution >= 4 is 11.8 Å². The highest BCUT2D eigenvalue weighted by molar-refractivity contribution is 5.82. The molecule has 0 saturated carbocycles. The van der Waals surface area contributed by atoms with Gasteiger partial charge in [-0.1, -0.05) is 54.6 Å². The Kier molecular flexibility index (Phi) is 6.60. The van der Waals surface area contributed by atoms with Crippen LogP contribution in [0.2, 0.25) is 0 Å². The molecule has 0 fully saturated rings. The zero-order valence-corrected chi connectivity index (χ0v) is 15.8. The van der Waals surface area contributed by atoms with Gasteiger partial charge in [-0.25, -0.2) is 0 Å². The average Bonchev–Trinajstić information content (AvgIpc) is 2.71. The summed E-state index contributed by atoms with van der Waals surface area (Å²) in [5, 5.41) is 5.74. The lowest BCUT2D eigenvalue weighted by Gasteiger charge is -2.35. The van der Waals surface area contributed by atoms with Crippen LogP contribution in [-0.2, 0) is 29.0 Å². The zero-order valence-electron chi connectivity index (χ0n) is 15.8. The number of nitrogens with zero attached hydrogens (tertiary/aromatic N) is 1. The van der Waals surface area contributed by atoms with E-state index >= 15 is 0 Å². The Labute approximate surface area is 160 Å². The van der Waals surface area contributed by atoms with E-state index in [0.717, 1.165) is 6.42 Å². The number of likely N-dealkylation sites (N-methyl/N-ethyl adjacent to an activating group) is 1. The van der Waals surface area contributed by atoms with Crippen LogP contribution in [0.15, 0.2) is 54.6 Å². The highest BCUT2D eigenvalue weighted by Crippen LogP contribution is 2.23. The minimum Gasteiger partial charge on any atom is -0.358 e. The summed E-state index contributed by atoms with van der Waals surface area (Å²) in [6.07, 6.45) is 1.90. The number of amides is 2. The Hall–Kier alpha value is -2.66. The summed E-state index contributed by atoms with van der Waals surface area (Å²) in [5.41, 5.74) is 3.67. The van der Waals surface area contributed by atoms with Gasteiger partial charge in [-0.05, 0) is 29.5 Å². The maximum absolute atomic E-state index is 12.3. The molecule has 0 aliphatic carbocycles. The van der Waals surface area contributed by atoms with Gasteiger partial charge in [0.25, 0.3) is 0 Å². The molecule has 0 saturated heterocycles. The largest absolute Gasteiger partial charge is 0.358 e. The van der Waals surface area contributed by atoms with E-state index in [2.05, 4.69) is 39.8 Å². The van der Waals surface area contributed by atoms with E-state index in [1.54, 1.807) is 7.05 Å². The molecular weight excluding hydrogens is 338 g/mol. The summed E-state index contributed by atoms with van der Waals surface area (Å²) in [4.78, 5) is 26.6. The van der Waals surface area contributed by atoms with Gasteiger partial charge in [-0.15, -0.1) is 0 Å². The van der Waals surface area contributed by atoms with Crippen LogP contribution in [0.25, 0.3) is 0 Å². The van der Waals surface area contributed by atoms with Gasteiger partial charge in [0.15, 0.2) is 0 Å². The monoisotopic (exact) mass is 365 g/mol. The van der Waals surface area contributed by atoms with Crippen molar-refractivity contribution < 1.29 is 9.59 Å². The van der Waals surface area contributed by atoms with Gasteiger partial charge in [-0.2, -0.15) is 0 Å². The van der Waals surface area contributed by atoms with Crippen LogP contribution in [0.3, 0.4) is 0 Å².